The van der Waals surface area contributed by atoms with Gasteiger partial charge in [-0.05, 0) is 18.9 Å². The molecular formula is C12H10F3NO3. The van der Waals surface area contributed by atoms with E-state index in [1.807, 2.05) is 0 Å². The normalized spacial score (nSPS) is 18.7. The van der Waals surface area contributed by atoms with Crippen LogP contribution in [0.3, 0.4) is 0 Å². The Hall–Kier alpha value is -2.05. The molecule has 1 N–H and O–H groups in total. The second kappa shape index (κ2) is 4.91. The third-order valence-electron chi connectivity index (χ3n) is 3.04. The molecule has 7 heteroatoms. The van der Waals surface area contributed by atoms with Crippen LogP contribution >= 0.6 is 0 Å². The van der Waals surface area contributed by atoms with Crippen molar-refractivity contribution in [3.8, 4) is 0 Å². The second-order valence-corrected chi connectivity index (χ2v) is 4.24. The van der Waals surface area contributed by atoms with Gasteiger partial charge in [0.15, 0.2) is 11.6 Å². The zero-order valence-electron chi connectivity index (χ0n) is 9.70. The van der Waals surface area contributed by atoms with Crippen molar-refractivity contribution in [2.45, 2.75) is 18.9 Å². The lowest BCUT2D eigenvalue weighted by molar-refractivity contribution is -0.141. The SMILES string of the molecule is O=C(O)[C@@H]1CCCN1C(=O)c1cc(F)c(F)cc1F. The molecule has 0 aromatic heterocycles. The Bertz CT molecular complexity index is 547. The number of nitrogens with zero attached hydrogens (tertiary/aromatic N) is 1. The number of hydrogen-bond donors (Lipinski definition) is 1. The molecule has 0 saturated carbocycles. The van der Waals surface area contributed by atoms with Crippen molar-refractivity contribution >= 4 is 11.9 Å². The number of rotatable bonds is 2. The lowest BCUT2D eigenvalue weighted by Crippen LogP contribution is -2.40. The summed E-state index contributed by atoms with van der Waals surface area (Å²) in [6, 6.07) is -0.335. The molecule has 1 heterocycles. The second-order valence-electron chi connectivity index (χ2n) is 4.24. The van der Waals surface area contributed by atoms with E-state index in [1.54, 1.807) is 0 Å². The fourth-order valence-corrected chi connectivity index (χ4v) is 2.11. The van der Waals surface area contributed by atoms with Gasteiger partial charge >= 0.3 is 5.97 Å². The summed E-state index contributed by atoms with van der Waals surface area (Å²) in [6.07, 6.45) is 0.723. The van der Waals surface area contributed by atoms with Crippen LogP contribution in [0.2, 0.25) is 0 Å². The van der Waals surface area contributed by atoms with Crippen LogP contribution in [-0.2, 0) is 4.79 Å². The topological polar surface area (TPSA) is 57.6 Å². The molecule has 0 radical (unpaired) electrons. The van der Waals surface area contributed by atoms with Crippen LogP contribution in [-0.4, -0.2) is 34.5 Å². The van der Waals surface area contributed by atoms with Gasteiger partial charge in [0, 0.05) is 12.6 Å². The van der Waals surface area contributed by atoms with Gasteiger partial charge in [-0.2, -0.15) is 0 Å². The molecule has 0 bridgehead atoms. The molecule has 102 valence electrons. The number of carbonyl (C=O) groups is 2. The number of amides is 1. The summed E-state index contributed by atoms with van der Waals surface area (Å²) in [6.45, 7) is 0.147. The van der Waals surface area contributed by atoms with Gasteiger partial charge in [0.1, 0.15) is 11.9 Å². The van der Waals surface area contributed by atoms with Crippen LogP contribution in [0.1, 0.15) is 23.2 Å². The van der Waals surface area contributed by atoms with E-state index in [4.69, 9.17) is 5.11 Å². The van der Waals surface area contributed by atoms with Crippen LogP contribution in [0.15, 0.2) is 12.1 Å². The van der Waals surface area contributed by atoms with Crippen molar-refractivity contribution in [2.24, 2.45) is 0 Å². The van der Waals surface area contributed by atoms with Crippen LogP contribution in [0.4, 0.5) is 13.2 Å². The first-order chi connectivity index (χ1) is 8.91. The maximum atomic E-state index is 13.5. The van der Waals surface area contributed by atoms with E-state index < -0.39 is 40.9 Å². The first-order valence-corrected chi connectivity index (χ1v) is 5.60. The maximum Gasteiger partial charge on any atom is 0.326 e. The van der Waals surface area contributed by atoms with Crippen molar-refractivity contribution in [1.29, 1.82) is 0 Å². The molecule has 1 saturated heterocycles. The van der Waals surface area contributed by atoms with Gasteiger partial charge in [-0.15, -0.1) is 0 Å². The van der Waals surface area contributed by atoms with E-state index in [1.165, 1.54) is 0 Å². The number of halogens is 3. The molecule has 2 rings (SSSR count). The lowest BCUT2D eigenvalue weighted by Gasteiger charge is -2.21. The van der Waals surface area contributed by atoms with Crippen molar-refractivity contribution in [1.82, 2.24) is 4.90 Å². The largest absolute Gasteiger partial charge is 0.480 e. The van der Waals surface area contributed by atoms with Gasteiger partial charge in [-0.25, -0.2) is 18.0 Å². The zero-order valence-corrected chi connectivity index (χ0v) is 9.70. The van der Waals surface area contributed by atoms with Gasteiger partial charge < -0.3 is 10.0 Å². The highest BCUT2D eigenvalue weighted by Crippen LogP contribution is 2.22. The minimum Gasteiger partial charge on any atom is -0.480 e. The third-order valence-corrected chi connectivity index (χ3v) is 3.04. The lowest BCUT2D eigenvalue weighted by atomic mass is 10.1. The zero-order chi connectivity index (χ0) is 14.2. The minimum atomic E-state index is -1.40. The molecule has 1 fully saturated rings. The van der Waals surface area contributed by atoms with E-state index in [0.717, 1.165) is 4.90 Å². The average Bonchev–Trinajstić information content (AvgIpc) is 2.82. The number of carboxylic acids is 1. The summed E-state index contributed by atoms with van der Waals surface area (Å²) in [5.41, 5.74) is -0.660. The minimum absolute atomic E-state index is 0.147. The molecule has 4 nitrogen and oxygen atoms in total. The molecule has 0 spiro atoms. The Morgan fingerprint density at radius 1 is 1.16 bits per heavy atom. The van der Waals surface area contributed by atoms with Crippen LogP contribution in [0.25, 0.3) is 0 Å². The Morgan fingerprint density at radius 2 is 1.79 bits per heavy atom. The molecule has 1 aromatic rings. The average molecular weight is 273 g/mol. The monoisotopic (exact) mass is 273 g/mol. The number of hydrogen-bond acceptors (Lipinski definition) is 2. The van der Waals surface area contributed by atoms with E-state index in [9.17, 15) is 22.8 Å². The van der Waals surface area contributed by atoms with Gasteiger partial charge in [-0.1, -0.05) is 0 Å². The Kier molecular flexibility index (Phi) is 3.46. The smallest absolute Gasteiger partial charge is 0.326 e. The predicted molar refractivity (Wildman–Crippen MR) is 58.0 cm³/mol. The number of aliphatic carboxylic acids is 1. The highest BCUT2D eigenvalue weighted by atomic mass is 19.2. The molecular weight excluding hydrogens is 263 g/mol. The van der Waals surface area contributed by atoms with Crippen molar-refractivity contribution < 1.29 is 27.9 Å². The molecule has 0 unspecified atom stereocenters. The quantitative estimate of drug-likeness (QED) is 0.836. The van der Waals surface area contributed by atoms with E-state index in [-0.39, 0.29) is 19.0 Å². The highest BCUT2D eigenvalue weighted by molar-refractivity contribution is 5.97. The summed E-state index contributed by atoms with van der Waals surface area (Å²) >= 11 is 0. The van der Waals surface area contributed by atoms with E-state index in [2.05, 4.69) is 0 Å². The number of carbonyl (C=O) groups excluding carboxylic acids is 1. The molecule has 0 aliphatic carbocycles. The van der Waals surface area contributed by atoms with Crippen molar-refractivity contribution in [3.05, 3.63) is 35.1 Å². The van der Waals surface area contributed by atoms with E-state index in [0.29, 0.717) is 12.5 Å². The fraction of sp³-hybridized carbons (Fsp3) is 0.333. The van der Waals surface area contributed by atoms with Gasteiger partial charge in [0.25, 0.3) is 5.91 Å². The number of likely N-dealkylation sites (tertiary alicyclic amines) is 1. The molecule has 1 amide bonds. The molecule has 1 aliphatic rings. The standard InChI is InChI=1S/C12H10F3NO3/c13-7-5-9(15)8(14)4-6(7)11(17)16-3-1-2-10(16)12(18)19/h4-5,10H,1-3H2,(H,18,19)/t10-/m0/s1. The van der Waals surface area contributed by atoms with Gasteiger partial charge in [0.05, 0.1) is 5.56 Å². The summed E-state index contributed by atoms with van der Waals surface area (Å²) in [5, 5.41) is 8.93. The van der Waals surface area contributed by atoms with Gasteiger partial charge in [-0.3, -0.25) is 4.79 Å². The fourth-order valence-electron chi connectivity index (χ4n) is 2.11. The van der Waals surface area contributed by atoms with Crippen LogP contribution in [0, 0.1) is 17.5 Å². The number of benzene rings is 1. The Labute approximate surface area is 106 Å². The summed E-state index contributed by atoms with van der Waals surface area (Å²) < 4.78 is 39.3. The van der Waals surface area contributed by atoms with E-state index >= 15 is 0 Å². The first-order valence-electron chi connectivity index (χ1n) is 5.60. The molecule has 1 aliphatic heterocycles. The number of carboxylic acid groups (broad SMARTS) is 1. The first kappa shape index (κ1) is 13.4. The molecule has 1 aromatic carbocycles. The molecule has 1 atom stereocenters. The summed E-state index contributed by atoms with van der Waals surface area (Å²) in [7, 11) is 0. The maximum absolute atomic E-state index is 13.5. The van der Waals surface area contributed by atoms with Crippen LogP contribution in [0.5, 0.6) is 0 Å². The summed E-state index contributed by atoms with van der Waals surface area (Å²) in [4.78, 5) is 23.9. The Morgan fingerprint density at radius 3 is 2.42 bits per heavy atom. The van der Waals surface area contributed by atoms with Crippen LogP contribution < -0.4 is 0 Å². The highest BCUT2D eigenvalue weighted by Gasteiger charge is 2.35. The summed E-state index contributed by atoms with van der Waals surface area (Å²) in [5.74, 6) is -6.10. The van der Waals surface area contributed by atoms with Crippen molar-refractivity contribution in [2.75, 3.05) is 6.54 Å². The predicted octanol–water partition coefficient (Wildman–Crippen LogP) is 1.79. The van der Waals surface area contributed by atoms with Crippen molar-refractivity contribution in [3.63, 3.8) is 0 Å². The molecule has 19 heavy (non-hydrogen) atoms. The third kappa shape index (κ3) is 2.40. The Balaban J connectivity index is 2.34. The van der Waals surface area contributed by atoms with Gasteiger partial charge in [0.2, 0.25) is 0 Å².